The van der Waals surface area contributed by atoms with Gasteiger partial charge < -0.3 is 15.2 Å². The maximum atomic E-state index is 8.65. The molecule has 17 heavy (non-hydrogen) atoms. The van der Waals surface area contributed by atoms with Crippen molar-refractivity contribution in [2.45, 2.75) is 26.8 Å². The van der Waals surface area contributed by atoms with Gasteiger partial charge in [0.15, 0.2) is 0 Å². The number of hydrogen-bond acceptors (Lipinski definition) is 3. The van der Waals surface area contributed by atoms with Gasteiger partial charge in [0.1, 0.15) is 5.75 Å². The number of benzene rings is 1. The van der Waals surface area contributed by atoms with Crippen LogP contribution in [0.25, 0.3) is 0 Å². The summed E-state index contributed by atoms with van der Waals surface area (Å²) >= 11 is 0. The molecule has 0 radical (unpaired) electrons. The van der Waals surface area contributed by atoms with E-state index in [9.17, 15) is 0 Å². The van der Waals surface area contributed by atoms with Crippen molar-refractivity contribution >= 4 is 0 Å². The van der Waals surface area contributed by atoms with Gasteiger partial charge in [-0.3, -0.25) is 0 Å². The molecule has 3 nitrogen and oxygen atoms in total. The Hall–Kier alpha value is -1.06. The van der Waals surface area contributed by atoms with E-state index in [4.69, 9.17) is 9.84 Å². The van der Waals surface area contributed by atoms with Crippen LogP contribution in [0.5, 0.6) is 5.75 Å². The summed E-state index contributed by atoms with van der Waals surface area (Å²) in [7, 11) is 0. The third-order valence-corrected chi connectivity index (χ3v) is 2.35. The molecule has 0 saturated carbocycles. The highest BCUT2D eigenvalue weighted by atomic mass is 16.5. The fourth-order valence-electron chi connectivity index (χ4n) is 1.40. The Labute approximate surface area is 104 Å². The minimum atomic E-state index is 0.245. The average Bonchev–Trinajstić information content (AvgIpc) is 2.33. The van der Waals surface area contributed by atoms with Gasteiger partial charge in [-0.05, 0) is 36.6 Å². The first kappa shape index (κ1) is 14.0. The first-order valence-corrected chi connectivity index (χ1v) is 6.25. The maximum absolute atomic E-state index is 8.65. The Morgan fingerprint density at radius 1 is 1.24 bits per heavy atom. The highest BCUT2D eigenvalue weighted by molar-refractivity contribution is 5.27. The van der Waals surface area contributed by atoms with Gasteiger partial charge in [-0.2, -0.15) is 0 Å². The van der Waals surface area contributed by atoms with Gasteiger partial charge in [0.25, 0.3) is 0 Å². The van der Waals surface area contributed by atoms with Crippen molar-refractivity contribution in [3.8, 4) is 5.75 Å². The van der Waals surface area contributed by atoms with Gasteiger partial charge in [0, 0.05) is 13.2 Å². The number of nitrogens with one attached hydrogen (secondary N) is 1. The third kappa shape index (κ3) is 6.29. The lowest BCUT2D eigenvalue weighted by atomic mass is 10.2. The van der Waals surface area contributed by atoms with Gasteiger partial charge in [0.2, 0.25) is 0 Å². The Bertz CT molecular complexity index is 296. The number of hydrogen-bond donors (Lipinski definition) is 2. The first-order chi connectivity index (χ1) is 8.22. The quantitative estimate of drug-likeness (QED) is 0.681. The molecule has 0 aliphatic heterocycles. The Kier molecular flexibility index (Phi) is 6.67. The Morgan fingerprint density at radius 2 is 1.94 bits per heavy atom. The molecule has 0 aliphatic carbocycles. The second kappa shape index (κ2) is 8.09. The van der Waals surface area contributed by atoms with E-state index in [1.807, 2.05) is 12.1 Å². The number of aliphatic hydroxyl groups excluding tert-OH is 1. The summed E-state index contributed by atoms with van der Waals surface area (Å²) in [6.07, 6.45) is 0.801. The van der Waals surface area contributed by atoms with Crippen LogP contribution in [0.4, 0.5) is 0 Å². The molecule has 1 aromatic rings. The molecule has 0 aromatic heterocycles. The van der Waals surface area contributed by atoms with Crippen molar-refractivity contribution in [1.82, 2.24) is 5.32 Å². The zero-order valence-electron chi connectivity index (χ0n) is 10.8. The van der Waals surface area contributed by atoms with Crippen LogP contribution in [0.15, 0.2) is 24.3 Å². The molecule has 96 valence electrons. The van der Waals surface area contributed by atoms with Crippen LogP contribution in [0.3, 0.4) is 0 Å². The van der Waals surface area contributed by atoms with Crippen molar-refractivity contribution in [1.29, 1.82) is 0 Å². The van der Waals surface area contributed by atoms with Crippen LogP contribution in [0.2, 0.25) is 0 Å². The lowest BCUT2D eigenvalue weighted by Gasteiger charge is -2.09. The van der Waals surface area contributed by atoms with Crippen molar-refractivity contribution in [2.24, 2.45) is 5.92 Å². The molecule has 1 rings (SSSR count). The van der Waals surface area contributed by atoms with Crippen molar-refractivity contribution < 1.29 is 9.84 Å². The van der Waals surface area contributed by atoms with Crippen molar-refractivity contribution in [3.05, 3.63) is 29.8 Å². The summed E-state index contributed by atoms with van der Waals surface area (Å²) in [5.74, 6) is 1.48. The predicted molar refractivity (Wildman–Crippen MR) is 70.2 cm³/mol. The average molecular weight is 237 g/mol. The first-order valence-electron chi connectivity index (χ1n) is 6.25. The Balaban J connectivity index is 2.29. The van der Waals surface area contributed by atoms with Gasteiger partial charge in [-0.1, -0.05) is 26.0 Å². The molecule has 0 saturated heterocycles. The number of rotatable bonds is 8. The lowest BCUT2D eigenvalue weighted by Crippen LogP contribution is -2.15. The summed E-state index contributed by atoms with van der Waals surface area (Å²) in [5.41, 5.74) is 1.24. The molecule has 0 fully saturated rings. The third-order valence-electron chi connectivity index (χ3n) is 2.35. The van der Waals surface area contributed by atoms with E-state index in [0.717, 1.165) is 31.9 Å². The second-order valence-corrected chi connectivity index (χ2v) is 4.60. The molecule has 3 heteroatoms. The molecular formula is C14H23NO2. The molecule has 0 bridgehead atoms. The molecule has 0 aliphatic rings. The van der Waals surface area contributed by atoms with Crippen LogP contribution in [-0.4, -0.2) is 24.9 Å². The van der Waals surface area contributed by atoms with E-state index in [-0.39, 0.29) is 6.61 Å². The highest BCUT2D eigenvalue weighted by Crippen LogP contribution is 2.13. The highest BCUT2D eigenvalue weighted by Gasteiger charge is 1.97. The maximum Gasteiger partial charge on any atom is 0.119 e. The zero-order chi connectivity index (χ0) is 12.5. The van der Waals surface area contributed by atoms with E-state index >= 15 is 0 Å². The minimum absolute atomic E-state index is 0.245. The predicted octanol–water partition coefficient (Wildman–Crippen LogP) is 2.19. The summed E-state index contributed by atoms with van der Waals surface area (Å²) < 4.78 is 5.61. The fraction of sp³-hybridized carbons (Fsp3) is 0.571. The summed E-state index contributed by atoms with van der Waals surface area (Å²) in [6.45, 7) is 6.97. The van der Waals surface area contributed by atoms with E-state index < -0.39 is 0 Å². The van der Waals surface area contributed by atoms with Crippen molar-refractivity contribution in [2.75, 3.05) is 19.8 Å². The monoisotopic (exact) mass is 237 g/mol. The number of ether oxygens (including phenoxy) is 1. The smallest absolute Gasteiger partial charge is 0.119 e. The van der Waals surface area contributed by atoms with E-state index in [2.05, 4.69) is 31.3 Å². The lowest BCUT2D eigenvalue weighted by molar-refractivity contribution is 0.271. The van der Waals surface area contributed by atoms with Crippen molar-refractivity contribution in [3.63, 3.8) is 0 Å². The molecular weight excluding hydrogens is 214 g/mol. The summed E-state index contributed by atoms with van der Waals surface area (Å²) in [6, 6.07) is 8.15. The standard InChI is InChI=1S/C14H23NO2/c1-12(2)11-17-14-6-4-13(5-7-14)10-15-8-3-9-16/h4-7,12,15-16H,3,8-11H2,1-2H3. The van der Waals surface area contributed by atoms with Crippen LogP contribution in [0.1, 0.15) is 25.8 Å². The van der Waals surface area contributed by atoms with Gasteiger partial charge in [0.05, 0.1) is 6.61 Å². The molecule has 0 atom stereocenters. The number of aliphatic hydroxyl groups is 1. The van der Waals surface area contributed by atoms with Crippen LogP contribution in [0, 0.1) is 5.92 Å². The largest absolute Gasteiger partial charge is 0.493 e. The molecule has 0 amide bonds. The van der Waals surface area contributed by atoms with Crippen LogP contribution in [-0.2, 0) is 6.54 Å². The topological polar surface area (TPSA) is 41.5 Å². The van der Waals surface area contributed by atoms with Gasteiger partial charge in [-0.25, -0.2) is 0 Å². The Morgan fingerprint density at radius 3 is 2.53 bits per heavy atom. The van der Waals surface area contributed by atoms with Gasteiger partial charge in [-0.15, -0.1) is 0 Å². The van der Waals surface area contributed by atoms with Crippen LogP contribution < -0.4 is 10.1 Å². The molecule has 1 aromatic carbocycles. The van der Waals surface area contributed by atoms with Gasteiger partial charge >= 0.3 is 0 Å². The van der Waals surface area contributed by atoms with E-state index in [1.54, 1.807) is 0 Å². The second-order valence-electron chi connectivity index (χ2n) is 4.60. The molecule has 0 unspecified atom stereocenters. The van der Waals surface area contributed by atoms with E-state index in [1.165, 1.54) is 5.56 Å². The SMILES string of the molecule is CC(C)COc1ccc(CNCCCO)cc1. The summed E-state index contributed by atoms with van der Waals surface area (Å²) in [4.78, 5) is 0. The molecule has 0 spiro atoms. The molecule has 0 heterocycles. The summed E-state index contributed by atoms with van der Waals surface area (Å²) in [5, 5.41) is 11.9. The molecule has 2 N–H and O–H groups in total. The fourth-order valence-corrected chi connectivity index (χ4v) is 1.40. The van der Waals surface area contributed by atoms with E-state index in [0.29, 0.717) is 5.92 Å². The zero-order valence-corrected chi connectivity index (χ0v) is 10.8. The normalized spacial score (nSPS) is 10.8. The minimum Gasteiger partial charge on any atom is -0.493 e. The van der Waals surface area contributed by atoms with Crippen LogP contribution >= 0.6 is 0 Å².